The predicted molar refractivity (Wildman–Crippen MR) is 88.5 cm³/mol. The third-order valence-corrected chi connectivity index (χ3v) is 4.80. The molecule has 4 heteroatoms. The lowest BCUT2D eigenvalue weighted by atomic mass is 10.1. The van der Waals surface area contributed by atoms with Crippen molar-refractivity contribution in [1.82, 2.24) is 4.57 Å². The summed E-state index contributed by atoms with van der Waals surface area (Å²) in [6.07, 6.45) is 11.4. The quantitative estimate of drug-likeness (QED) is 0.491. The first-order valence-electron chi connectivity index (χ1n) is 7.37. The Morgan fingerprint density at radius 3 is 1.63 bits per heavy atom. The maximum atomic E-state index is 8.67. The Morgan fingerprint density at radius 1 is 0.737 bits per heavy atom. The first-order valence-corrected chi connectivity index (χ1v) is 8.95. The minimum absolute atomic E-state index is 0.352. The second-order valence-electron chi connectivity index (χ2n) is 5.04. The molecule has 0 radical (unpaired) electrons. The van der Waals surface area contributed by atoms with Crippen molar-refractivity contribution in [2.75, 3.05) is 6.61 Å². The molecule has 1 rings (SSSR count). The Balaban J connectivity index is 1.92. The highest BCUT2D eigenvalue weighted by atomic mass is 79.9. The highest BCUT2D eigenvalue weighted by Crippen LogP contribution is 2.21. The molecular formula is C15H25Br2NO. The third-order valence-electron chi connectivity index (χ3n) is 3.41. The van der Waals surface area contributed by atoms with Crippen LogP contribution in [0.2, 0.25) is 0 Å². The Kier molecular flexibility index (Phi) is 9.92. The number of aromatic nitrogens is 1. The third kappa shape index (κ3) is 7.52. The molecule has 0 atom stereocenters. The van der Waals surface area contributed by atoms with Gasteiger partial charge in [0.15, 0.2) is 0 Å². The molecule has 1 N–H and O–H groups in total. The average molecular weight is 395 g/mol. The van der Waals surface area contributed by atoms with Crippen molar-refractivity contribution in [3.8, 4) is 0 Å². The van der Waals surface area contributed by atoms with E-state index >= 15 is 0 Å². The molecule has 110 valence electrons. The van der Waals surface area contributed by atoms with E-state index in [9.17, 15) is 0 Å². The van der Waals surface area contributed by atoms with E-state index in [0.29, 0.717) is 6.61 Å². The molecule has 0 aliphatic rings. The molecule has 0 aliphatic heterocycles. The van der Waals surface area contributed by atoms with Crippen LogP contribution in [-0.4, -0.2) is 16.3 Å². The van der Waals surface area contributed by atoms with Crippen molar-refractivity contribution in [2.24, 2.45) is 0 Å². The number of hydrogen-bond acceptors (Lipinski definition) is 1. The fourth-order valence-corrected chi connectivity index (χ4v) is 3.49. The largest absolute Gasteiger partial charge is 0.396 e. The van der Waals surface area contributed by atoms with Gasteiger partial charge < -0.3 is 9.67 Å². The summed E-state index contributed by atoms with van der Waals surface area (Å²) in [5, 5.41) is 8.67. The number of rotatable bonds is 11. The molecule has 0 aliphatic carbocycles. The molecule has 0 aromatic carbocycles. The molecule has 0 fully saturated rings. The summed E-state index contributed by atoms with van der Waals surface area (Å²) in [6, 6.07) is 4.16. The van der Waals surface area contributed by atoms with Gasteiger partial charge in [0.1, 0.15) is 0 Å². The van der Waals surface area contributed by atoms with Crippen LogP contribution in [0.15, 0.2) is 21.3 Å². The Labute approximate surface area is 133 Å². The number of unbranched alkanes of at least 4 members (excludes halogenated alkanes) is 8. The Bertz CT molecular complexity index is 319. The van der Waals surface area contributed by atoms with Crippen LogP contribution < -0.4 is 0 Å². The van der Waals surface area contributed by atoms with Gasteiger partial charge in [-0.25, -0.2) is 0 Å². The van der Waals surface area contributed by atoms with Gasteiger partial charge in [-0.15, -0.1) is 0 Å². The number of hydrogen-bond donors (Lipinski definition) is 1. The Hall–Kier alpha value is 0.200. The molecule has 0 spiro atoms. The number of halogens is 2. The smallest absolute Gasteiger partial charge is 0.0855 e. The number of nitrogens with zero attached hydrogens (tertiary/aromatic N) is 1. The van der Waals surface area contributed by atoms with Crippen molar-refractivity contribution in [2.45, 2.75) is 64.3 Å². The van der Waals surface area contributed by atoms with Crippen LogP contribution in [0.1, 0.15) is 57.8 Å². The molecule has 1 aromatic heterocycles. The number of aliphatic hydroxyl groups is 1. The molecule has 1 aromatic rings. The van der Waals surface area contributed by atoms with Crippen molar-refractivity contribution in [3.63, 3.8) is 0 Å². The second-order valence-corrected chi connectivity index (χ2v) is 6.66. The maximum Gasteiger partial charge on any atom is 0.0855 e. The van der Waals surface area contributed by atoms with E-state index in [0.717, 1.165) is 22.2 Å². The highest BCUT2D eigenvalue weighted by molar-refractivity contribution is 9.11. The van der Waals surface area contributed by atoms with Gasteiger partial charge in [-0.2, -0.15) is 0 Å². The summed E-state index contributed by atoms with van der Waals surface area (Å²) in [6.45, 7) is 1.44. The van der Waals surface area contributed by atoms with E-state index in [4.69, 9.17) is 5.11 Å². The minimum atomic E-state index is 0.352. The van der Waals surface area contributed by atoms with E-state index in [2.05, 4.69) is 48.6 Å². The van der Waals surface area contributed by atoms with E-state index in [1.807, 2.05) is 0 Å². The molecule has 0 saturated heterocycles. The van der Waals surface area contributed by atoms with Gasteiger partial charge in [0, 0.05) is 13.2 Å². The van der Waals surface area contributed by atoms with Gasteiger partial charge in [-0.3, -0.25) is 0 Å². The van der Waals surface area contributed by atoms with Crippen LogP contribution >= 0.6 is 31.9 Å². The minimum Gasteiger partial charge on any atom is -0.396 e. The lowest BCUT2D eigenvalue weighted by Gasteiger charge is -2.07. The standard InChI is InChI=1S/C15H25Br2NO/c16-14-10-11-15(17)18(14)12-8-6-4-2-1-3-5-7-9-13-19/h10-11,19H,1-9,12-13H2. The van der Waals surface area contributed by atoms with E-state index in [1.165, 1.54) is 51.4 Å². The van der Waals surface area contributed by atoms with Crippen LogP contribution in [-0.2, 0) is 6.54 Å². The van der Waals surface area contributed by atoms with E-state index in [-0.39, 0.29) is 0 Å². The summed E-state index contributed by atoms with van der Waals surface area (Å²) in [4.78, 5) is 0. The maximum absolute atomic E-state index is 8.67. The van der Waals surface area contributed by atoms with Gasteiger partial charge >= 0.3 is 0 Å². The monoisotopic (exact) mass is 393 g/mol. The normalized spacial score (nSPS) is 11.1. The average Bonchev–Trinajstić information content (AvgIpc) is 2.72. The van der Waals surface area contributed by atoms with Crippen LogP contribution in [0.4, 0.5) is 0 Å². The molecule has 0 unspecified atom stereocenters. The lowest BCUT2D eigenvalue weighted by Crippen LogP contribution is -1.98. The second kappa shape index (κ2) is 10.9. The first-order chi connectivity index (χ1) is 9.25. The summed E-state index contributed by atoms with van der Waals surface area (Å²) < 4.78 is 4.57. The molecule has 0 saturated carbocycles. The summed E-state index contributed by atoms with van der Waals surface area (Å²) >= 11 is 7.11. The zero-order valence-corrected chi connectivity index (χ0v) is 14.8. The van der Waals surface area contributed by atoms with Crippen molar-refractivity contribution >= 4 is 31.9 Å². The van der Waals surface area contributed by atoms with Crippen LogP contribution in [0.25, 0.3) is 0 Å². The van der Waals surface area contributed by atoms with Crippen LogP contribution in [0, 0.1) is 0 Å². The first kappa shape index (κ1) is 17.3. The SMILES string of the molecule is OCCCCCCCCCCCn1c(Br)ccc1Br. The predicted octanol–water partition coefficient (Wildman–Crippen LogP) is 5.52. The van der Waals surface area contributed by atoms with Crippen molar-refractivity contribution in [1.29, 1.82) is 0 Å². The van der Waals surface area contributed by atoms with Gasteiger partial charge in [0.2, 0.25) is 0 Å². The summed E-state index contributed by atoms with van der Waals surface area (Å²) in [5.41, 5.74) is 0. The highest BCUT2D eigenvalue weighted by Gasteiger charge is 2.02. The molecule has 1 heterocycles. The van der Waals surface area contributed by atoms with E-state index < -0.39 is 0 Å². The molecule has 2 nitrogen and oxygen atoms in total. The molecule has 0 amide bonds. The van der Waals surface area contributed by atoms with Crippen LogP contribution in [0.5, 0.6) is 0 Å². The summed E-state index contributed by atoms with van der Waals surface area (Å²) in [5.74, 6) is 0. The zero-order chi connectivity index (χ0) is 13.9. The zero-order valence-electron chi connectivity index (χ0n) is 11.6. The molecule has 19 heavy (non-hydrogen) atoms. The topological polar surface area (TPSA) is 25.2 Å². The van der Waals surface area contributed by atoms with Gasteiger partial charge in [-0.05, 0) is 56.8 Å². The van der Waals surface area contributed by atoms with Crippen LogP contribution in [0.3, 0.4) is 0 Å². The lowest BCUT2D eigenvalue weighted by molar-refractivity contribution is 0.282. The number of aliphatic hydroxyl groups excluding tert-OH is 1. The van der Waals surface area contributed by atoms with Crippen molar-refractivity contribution < 1.29 is 5.11 Å². The van der Waals surface area contributed by atoms with E-state index in [1.54, 1.807) is 0 Å². The van der Waals surface area contributed by atoms with Gasteiger partial charge in [0.25, 0.3) is 0 Å². The molecule has 0 bridgehead atoms. The Morgan fingerprint density at radius 2 is 1.16 bits per heavy atom. The fourth-order valence-electron chi connectivity index (χ4n) is 2.25. The van der Waals surface area contributed by atoms with Gasteiger partial charge in [-0.1, -0.05) is 44.9 Å². The molecular weight excluding hydrogens is 370 g/mol. The fraction of sp³-hybridized carbons (Fsp3) is 0.733. The van der Waals surface area contributed by atoms with Crippen molar-refractivity contribution in [3.05, 3.63) is 21.3 Å². The van der Waals surface area contributed by atoms with Gasteiger partial charge in [0.05, 0.1) is 9.21 Å². The summed E-state index contributed by atoms with van der Waals surface area (Å²) in [7, 11) is 0.